The van der Waals surface area contributed by atoms with E-state index in [0.717, 1.165) is 17.1 Å². The molecule has 0 unspecified atom stereocenters. The van der Waals surface area contributed by atoms with E-state index in [-0.39, 0.29) is 0 Å². The summed E-state index contributed by atoms with van der Waals surface area (Å²) in [6, 6.07) is 2.19. The van der Waals surface area contributed by atoms with Gasteiger partial charge < -0.3 is 0 Å². The van der Waals surface area contributed by atoms with Crippen LogP contribution in [0.1, 0.15) is 56.4 Å². The van der Waals surface area contributed by atoms with Crippen molar-refractivity contribution < 1.29 is 0 Å². The zero-order valence-corrected chi connectivity index (χ0v) is 12.6. The fourth-order valence-corrected chi connectivity index (χ4v) is 2.40. The van der Waals surface area contributed by atoms with Crippen LogP contribution in [0.5, 0.6) is 0 Å². The van der Waals surface area contributed by atoms with E-state index in [9.17, 15) is 0 Å². The van der Waals surface area contributed by atoms with Crippen LogP contribution in [-0.4, -0.2) is 20.0 Å². The van der Waals surface area contributed by atoms with Crippen molar-refractivity contribution in [2.45, 2.75) is 46.5 Å². The molecule has 4 heteroatoms. The number of hydrogen-bond acceptors (Lipinski definition) is 3. The van der Waals surface area contributed by atoms with E-state index in [1.54, 1.807) is 4.68 Å². The summed E-state index contributed by atoms with van der Waals surface area (Å²) >= 11 is 0. The minimum Gasteiger partial charge on any atom is -0.254 e. The number of hydrogen-bond donors (Lipinski definition) is 0. The maximum atomic E-state index is 4.61. The SMILES string of the molecule is Cc1nnn(C)c1-c1cc(C(C)C)c(C(C)C)cn1. The van der Waals surface area contributed by atoms with Crippen LogP contribution in [0.3, 0.4) is 0 Å². The number of rotatable bonds is 3. The van der Waals surface area contributed by atoms with Crippen LogP contribution in [0.15, 0.2) is 12.3 Å². The molecule has 2 heterocycles. The van der Waals surface area contributed by atoms with Gasteiger partial charge in [0.2, 0.25) is 0 Å². The quantitative estimate of drug-likeness (QED) is 0.847. The third-order valence-electron chi connectivity index (χ3n) is 3.45. The van der Waals surface area contributed by atoms with Crippen molar-refractivity contribution in [2.24, 2.45) is 7.05 Å². The third kappa shape index (κ3) is 2.53. The maximum absolute atomic E-state index is 4.61. The summed E-state index contributed by atoms with van der Waals surface area (Å²) in [5.41, 5.74) is 5.56. The Hall–Kier alpha value is -1.71. The molecule has 2 aromatic rings. The average molecular weight is 258 g/mol. The zero-order valence-electron chi connectivity index (χ0n) is 12.6. The summed E-state index contributed by atoms with van der Waals surface area (Å²) in [5, 5.41) is 8.15. The molecule has 0 radical (unpaired) electrons. The fraction of sp³-hybridized carbons (Fsp3) is 0.533. The van der Waals surface area contributed by atoms with Gasteiger partial charge in [-0.25, -0.2) is 4.68 Å². The van der Waals surface area contributed by atoms with E-state index in [1.807, 2.05) is 20.2 Å². The van der Waals surface area contributed by atoms with Crippen molar-refractivity contribution in [2.75, 3.05) is 0 Å². The molecule has 0 aliphatic rings. The van der Waals surface area contributed by atoms with E-state index >= 15 is 0 Å². The van der Waals surface area contributed by atoms with Gasteiger partial charge in [0.05, 0.1) is 11.4 Å². The molecule has 2 rings (SSSR count). The average Bonchev–Trinajstić information content (AvgIpc) is 2.68. The Balaban J connectivity index is 2.59. The third-order valence-corrected chi connectivity index (χ3v) is 3.45. The lowest BCUT2D eigenvalue weighted by Gasteiger charge is -2.16. The van der Waals surface area contributed by atoms with Crippen LogP contribution >= 0.6 is 0 Å². The lowest BCUT2D eigenvalue weighted by Crippen LogP contribution is -2.03. The zero-order chi connectivity index (χ0) is 14.2. The van der Waals surface area contributed by atoms with Gasteiger partial charge in [0.25, 0.3) is 0 Å². The molecule has 0 atom stereocenters. The summed E-state index contributed by atoms with van der Waals surface area (Å²) in [5.74, 6) is 0.977. The molecule has 0 amide bonds. The molecule has 0 aliphatic heterocycles. The molecule has 0 aliphatic carbocycles. The van der Waals surface area contributed by atoms with Gasteiger partial charge >= 0.3 is 0 Å². The van der Waals surface area contributed by atoms with Crippen molar-refractivity contribution >= 4 is 0 Å². The molecule has 0 bridgehead atoms. The molecule has 19 heavy (non-hydrogen) atoms. The highest BCUT2D eigenvalue weighted by molar-refractivity contribution is 5.59. The lowest BCUT2D eigenvalue weighted by atomic mass is 9.91. The second-order valence-electron chi connectivity index (χ2n) is 5.65. The molecule has 0 N–H and O–H groups in total. The highest BCUT2D eigenvalue weighted by Crippen LogP contribution is 2.29. The first-order valence-corrected chi connectivity index (χ1v) is 6.78. The number of aromatic nitrogens is 4. The first-order valence-electron chi connectivity index (χ1n) is 6.78. The molecule has 0 fully saturated rings. The topological polar surface area (TPSA) is 43.6 Å². The van der Waals surface area contributed by atoms with Gasteiger partial charge in [-0.15, -0.1) is 5.10 Å². The van der Waals surface area contributed by atoms with Gasteiger partial charge in [0.1, 0.15) is 5.69 Å². The normalized spacial score (nSPS) is 11.6. The van der Waals surface area contributed by atoms with Crippen molar-refractivity contribution in [3.63, 3.8) is 0 Å². The number of aryl methyl sites for hydroxylation is 2. The molecule has 2 aromatic heterocycles. The highest BCUT2D eigenvalue weighted by Gasteiger charge is 2.16. The van der Waals surface area contributed by atoms with Gasteiger partial charge in [-0.3, -0.25) is 4.98 Å². The van der Waals surface area contributed by atoms with Gasteiger partial charge in [0.15, 0.2) is 0 Å². The Labute approximate surface area is 114 Å². The molecule has 4 nitrogen and oxygen atoms in total. The fourth-order valence-electron chi connectivity index (χ4n) is 2.40. The van der Waals surface area contributed by atoms with Gasteiger partial charge in [0, 0.05) is 13.2 Å². The van der Waals surface area contributed by atoms with Crippen LogP contribution < -0.4 is 0 Å². The summed E-state index contributed by atoms with van der Waals surface area (Å²) < 4.78 is 1.79. The van der Waals surface area contributed by atoms with E-state index < -0.39 is 0 Å². The van der Waals surface area contributed by atoms with Gasteiger partial charge in [-0.05, 0) is 36.0 Å². The molecular weight excluding hydrogens is 236 g/mol. The van der Waals surface area contributed by atoms with E-state index in [0.29, 0.717) is 11.8 Å². The lowest BCUT2D eigenvalue weighted by molar-refractivity contribution is 0.717. The standard InChI is InChI=1S/C15H22N4/c1-9(2)12-7-14(16-8-13(12)10(3)4)15-11(5)17-18-19(15)6/h7-10H,1-6H3. The highest BCUT2D eigenvalue weighted by atomic mass is 15.4. The largest absolute Gasteiger partial charge is 0.254 e. The van der Waals surface area contributed by atoms with Crippen LogP contribution in [0, 0.1) is 6.92 Å². The second-order valence-corrected chi connectivity index (χ2v) is 5.65. The van der Waals surface area contributed by atoms with Crippen molar-refractivity contribution in [1.82, 2.24) is 20.0 Å². The number of nitrogens with zero attached hydrogens (tertiary/aromatic N) is 4. The molecule has 102 valence electrons. The Morgan fingerprint density at radius 1 is 1.05 bits per heavy atom. The molecule has 0 saturated heterocycles. The predicted octanol–water partition coefficient (Wildman–Crippen LogP) is 3.43. The van der Waals surface area contributed by atoms with Gasteiger partial charge in [-0.2, -0.15) is 0 Å². The minimum absolute atomic E-state index is 0.487. The predicted molar refractivity (Wildman–Crippen MR) is 77.1 cm³/mol. The summed E-state index contributed by atoms with van der Waals surface area (Å²) in [6.07, 6.45) is 2.00. The Morgan fingerprint density at radius 3 is 2.16 bits per heavy atom. The smallest absolute Gasteiger partial charge is 0.109 e. The first kappa shape index (κ1) is 13.7. The monoisotopic (exact) mass is 258 g/mol. The molecule has 0 aromatic carbocycles. The number of pyridine rings is 1. The Kier molecular flexibility index (Phi) is 3.69. The summed E-state index contributed by atoms with van der Waals surface area (Å²) in [7, 11) is 1.91. The van der Waals surface area contributed by atoms with Crippen molar-refractivity contribution in [3.05, 3.63) is 29.1 Å². The van der Waals surface area contributed by atoms with E-state index in [1.165, 1.54) is 11.1 Å². The second kappa shape index (κ2) is 5.11. The maximum Gasteiger partial charge on any atom is 0.109 e. The van der Waals surface area contributed by atoms with Crippen LogP contribution in [-0.2, 0) is 7.05 Å². The Bertz CT molecular complexity index is 562. The van der Waals surface area contributed by atoms with Crippen molar-refractivity contribution in [3.8, 4) is 11.4 Å². The first-order chi connectivity index (χ1) is 8.91. The molecule has 0 spiro atoms. The van der Waals surface area contributed by atoms with Gasteiger partial charge in [-0.1, -0.05) is 32.9 Å². The van der Waals surface area contributed by atoms with Crippen LogP contribution in [0.4, 0.5) is 0 Å². The van der Waals surface area contributed by atoms with Crippen LogP contribution in [0.25, 0.3) is 11.4 Å². The summed E-state index contributed by atoms with van der Waals surface area (Å²) in [4.78, 5) is 4.61. The summed E-state index contributed by atoms with van der Waals surface area (Å²) in [6.45, 7) is 10.8. The van der Waals surface area contributed by atoms with Crippen LogP contribution in [0.2, 0.25) is 0 Å². The molecular formula is C15H22N4. The van der Waals surface area contributed by atoms with E-state index in [4.69, 9.17) is 0 Å². The van der Waals surface area contributed by atoms with Crippen molar-refractivity contribution in [1.29, 1.82) is 0 Å². The minimum atomic E-state index is 0.487. The Morgan fingerprint density at radius 2 is 1.68 bits per heavy atom. The molecule has 0 saturated carbocycles. The van der Waals surface area contributed by atoms with E-state index in [2.05, 4.69) is 49.1 Å².